The molecule has 2 aliphatic heterocycles. The van der Waals surface area contributed by atoms with Gasteiger partial charge in [-0.2, -0.15) is 0 Å². The quantitative estimate of drug-likeness (QED) is 0.862. The molecule has 2 aliphatic rings. The monoisotopic (exact) mass is 342 g/mol. The minimum atomic E-state index is -0.394. The Morgan fingerprint density at radius 2 is 2.00 bits per heavy atom. The second-order valence-corrected chi connectivity index (χ2v) is 5.99. The Hall–Kier alpha value is -1.21. The fourth-order valence-electron chi connectivity index (χ4n) is 3.19. The van der Waals surface area contributed by atoms with E-state index in [9.17, 15) is 9.18 Å². The van der Waals surface area contributed by atoms with E-state index < -0.39 is 5.82 Å². The third-order valence-corrected chi connectivity index (χ3v) is 4.47. The highest BCUT2D eigenvalue weighted by Crippen LogP contribution is 2.14. The summed E-state index contributed by atoms with van der Waals surface area (Å²) >= 11 is 0. The molecule has 7 heteroatoms. The van der Waals surface area contributed by atoms with Crippen molar-refractivity contribution < 1.29 is 9.18 Å². The molecule has 1 amide bonds. The van der Waals surface area contributed by atoms with Gasteiger partial charge in [0.2, 0.25) is 5.91 Å². The predicted molar refractivity (Wildman–Crippen MR) is 91.6 cm³/mol. The molecular weight excluding hydrogens is 319 g/mol. The second-order valence-electron chi connectivity index (χ2n) is 5.99. The van der Waals surface area contributed by atoms with Crippen LogP contribution < -0.4 is 10.6 Å². The van der Waals surface area contributed by atoms with Crippen LogP contribution in [0, 0.1) is 5.82 Å². The molecule has 5 nitrogen and oxygen atoms in total. The average Bonchev–Trinajstić information content (AvgIpc) is 3.05. The van der Waals surface area contributed by atoms with E-state index in [0.717, 1.165) is 39.3 Å². The number of carbonyl (C=O) groups is 1. The molecule has 2 N–H and O–H groups in total. The van der Waals surface area contributed by atoms with Gasteiger partial charge in [0.25, 0.3) is 0 Å². The van der Waals surface area contributed by atoms with Gasteiger partial charge in [0.05, 0.1) is 12.2 Å². The van der Waals surface area contributed by atoms with Gasteiger partial charge in [-0.15, -0.1) is 12.4 Å². The van der Waals surface area contributed by atoms with Crippen molar-refractivity contribution in [2.45, 2.75) is 12.5 Å². The lowest BCUT2D eigenvalue weighted by Gasteiger charge is -2.37. The molecule has 0 radical (unpaired) electrons. The number of amides is 1. The van der Waals surface area contributed by atoms with Crippen LogP contribution >= 0.6 is 12.4 Å². The standard InChI is InChI=1S/C16H23FN4O.ClH/c17-14-3-1-2-4-15(14)19-16(22)12-20-7-9-21(10-8-20)13-5-6-18-11-13;/h1-4,13,18H,5-12H2,(H,19,22);1H. The third-order valence-electron chi connectivity index (χ3n) is 4.47. The summed E-state index contributed by atoms with van der Waals surface area (Å²) in [6.07, 6.45) is 1.22. The summed E-state index contributed by atoms with van der Waals surface area (Å²) < 4.78 is 13.5. The van der Waals surface area contributed by atoms with E-state index in [1.54, 1.807) is 18.2 Å². The molecule has 1 atom stereocenters. The summed E-state index contributed by atoms with van der Waals surface area (Å²) in [5.41, 5.74) is 0.253. The van der Waals surface area contributed by atoms with E-state index in [4.69, 9.17) is 0 Å². The molecule has 23 heavy (non-hydrogen) atoms. The Morgan fingerprint density at radius 3 is 2.65 bits per heavy atom. The lowest BCUT2D eigenvalue weighted by Crippen LogP contribution is -2.52. The van der Waals surface area contributed by atoms with Crippen molar-refractivity contribution in [1.82, 2.24) is 15.1 Å². The molecule has 128 valence electrons. The summed E-state index contributed by atoms with van der Waals surface area (Å²) in [5.74, 6) is -0.546. The SMILES string of the molecule is Cl.O=C(CN1CCN(C2CCNC2)CC1)Nc1ccccc1F. The van der Waals surface area contributed by atoms with Gasteiger partial charge in [-0.3, -0.25) is 14.6 Å². The van der Waals surface area contributed by atoms with Gasteiger partial charge in [0.1, 0.15) is 5.82 Å². The normalized spacial score (nSPS) is 22.6. The van der Waals surface area contributed by atoms with Gasteiger partial charge in [-0.1, -0.05) is 12.1 Å². The molecule has 0 spiro atoms. The van der Waals surface area contributed by atoms with E-state index in [-0.39, 0.29) is 24.0 Å². The maximum atomic E-state index is 13.5. The van der Waals surface area contributed by atoms with Gasteiger partial charge in [-0.05, 0) is 25.1 Å². The smallest absolute Gasteiger partial charge is 0.238 e. The highest BCUT2D eigenvalue weighted by Gasteiger charge is 2.26. The van der Waals surface area contributed by atoms with E-state index in [0.29, 0.717) is 12.6 Å². The summed E-state index contributed by atoms with van der Waals surface area (Å²) in [5, 5.41) is 6.04. The molecular formula is C16H24ClFN4O. The molecule has 0 aromatic heterocycles. The number of hydrogen-bond donors (Lipinski definition) is 2. The molecule has 1 unspecified atom stereocenters. The zero-order chi connectivity index (χ0) is 15.4. The lowest BCUT2D eigenvalue weighted by atomic mass is 10.2. The highest BCUT2D eigenvalue weighted by molar-refractivity contribution is 5.92. The van der Waals surface area contributed by atoms with Gasteiger partial charge in [0.15, 0.2) is 0 Å². The van der Waals surface area contributed by atoms with E-state index in [1.165, 1.54) is 12.5 Å². The number of para-hydroxylation sites is 1. The Bertz CT molecular complexity index is 517. The van der Waals surface area contributed by atoms with Crippen molar-refractivity contribution in [3.8, 4) is 0 Å². The van der Waals surface area contributed by atoms with Crippen LogP contribution in [-0.2, 0) is 4.79 Å². The Kier molecular flexibility index (Phi) is 6.77. The van der Waals surface area contributed by atoms with E-state index in [2.05, 4.69) is 20.4 Å². The largest absolute Gasteiger partial charge is 0.322 e. The van der Waals surface area contributed by atoms with E-state index in [1.807, 2.05) is 0 Å². The van der Waals surface area contributed by atoms with Crippen LogP contribution in [0.5, 0.6) is 0 Å². The van der Waals surface area contributed by atoms with Crippen LogP contribution in [0.1, 0.15) is 6.42 Å². The van der Waals surface area contributed by atoms with Crippen LogP contribution in [0.2, 0.25) is 0 Å². The van der Waals surface area contributed by atoms with E-state index >= 15 is 0 Å². The minimum absolute atomic E-state index is 0. The number of nitrogens with one attached hydrogen (secondary N) is 2. The molecule has 0 bridgehead atoms. The number of benzene rings is 1. The summed E-state index contributed by atoms with van der Waals surface area (Å²) in [6.45, 7) is 6.29. The van der Waals surface area contributed by atoms with Crippen LogP contribution in [0.25, 0.3) is 0 Å². The van der Waals surface area contributed by atoms with Gasteiger partial charge in [-0.25, -0.2) is 4.39 Å². The number of nitrogens with zero attached hydrogens (tertiary/aromatic N) is 2. The number of carbonyl (C=O) groups excluding carboxylic acids is 1. The van der Waals surface area contributed by atoms with Crippen molar-refractivity contribution in [1.29, 1.82) is 0 Å². The Balaban J connectivity index is 0.00000192. The van der Waals surface area contributed by atoms with Crippen molar-refractivity contribution in [2.24, 2.45) is 0 Å². The minimum Gasteiger partial charge on any atom is -0.322 e. The highest BCUT2D eigenvalue weighted by atomic mass is 35.5. The fourth-order valence-corrected chi connectivity index (χ4v) is 3.19. The van der Waals surface area contributed by atoms with Crippen LogP contribution in [0.3, 0.4) is 0 Å². The van der Waals surface area contributed by atoms with Crippen molar-refractivity contribution >= 4 is 24.0 Å². The zero-order valence-electron chi connectivity index (χ0n) is 13.1. The van der Waals surface area contributed by atoms with Crippen LogP contribution in [-0.4, -0.2) is 67.6 Å². The maximum absolute atomic E-state index is 13.5. The summed E-state index contributed by atoms with van der Waals surface area (Å²) in [7, 11) is 0. The lowest BCUT2D eigenvalue weighted by molar-refractivity contribution is -0.117. The number of halogens is 2. The first kappa shape index (κ1) is 18.1. The third kappa shape index (κ3) is 4.88. The van der Waals surface area contributed by atoms with Gasteiger partial charge in [0, 0.05) is 38.8 Å². The first-order chi connectivity index (χ1) is 10.7. The molecule has 3 rings (SSSR count). The molecule has 2 heterocycles. The number of piperazine rings is 1. The molecule has 2 fully saturated rings. The average molecular weight is 343 g/mol. The van der Waals surface area contributed by atoms with Crippen molar-refractivity contribution in [2.75, 3.05) is 51.1 Å². The molecule has 2 saturated heterocycles. The summed E-state index contributed by atoms with van der Waals surface area (Å²) in [4.78, 5) is 16.7. The van der Waals surface area contributed by atoms with Gasteiger partial charge >= 0.3 is 0 Å². The van der Waals surface area contributed by atoms with Crippen molar-refractivity contribution in [3.63, 3.8) is 0 Å². The Labute approximate surface area is 142 Å². The topological polar surface area (TPSA) is 47.6 Å². The molecule has 1 aromatic rings. The predicted octanol–water partition coefficient (Wildman–Crippen LogP) is 1.17. The van der Waals surface area contributed by atoms with Crippen LogP contribution in [0.4, 0.5) is 10.1 Å². The van der Waals surface area contributed by atoms with Crippen molar-refractivity contribution in [3.05, 3.63) is 30.1 Å². The first-order valence-electron chi connectivity index (χ1n) is 7.94. The maximum Gasteiger partial charge on any atom is 0.238 e. The molecule has 0 saturated carbocycles. The molecule has 0 aliphatic carbocycles. The molecule has 1 aromatic carbocycles. The Morgan fingerprint density at radius 1 is 1.26 bits per heavy atom. The van der Waals surface area contributed by atoms with Crippen LogP contribution in [0.15, 0.2) is 24.3 Å². The van der Waals surface area contributed by atoms with Gasteiger partial charge < -0.3 is 10.6 Å². The number of rotatable bonds is 4. The first-order valence-corrected chi connectivity index (χ1v) is 7.94. The fraction of sp³-hybridized carbons (Fsp3) is 0.562. The second kappa shape index (κ2) is 8.59. The number of hydrogen-bond acceptors (Lipinski definition) is 4. The zero-order valence-corrected chi connectivity index (χ0v) is 13.9. The number of anilines is 1. The summed E-state index contributed by atoms with van der Waals surface area (Å²) in [6, 6.07) is 6.91.